The van der Waals surface area contributed by atoms with E-state index in [2.05, 4.69) is 45.2 Å². The first-order chi connectivity index (χ1) is 11.2. The van der Waals surface area contributed by atoms with E-state index in [0.717, 1.165) is 36.6 Å². The minimum Gasteiger partial charge on any atom is -0.497 e. The van der Waals surface area contributed by atoms with Crippen molar-refractivity contribution in [3.8, 4) is 17.0 Å². The minimum atomic E-state index is 0.744. The normalized spacial score (nSPS) is 10.7. The first kappa shape index (κ1) is 16.4. The molecule has 0 atom stereocenters. The predicted octanol–water partition coefficient (Wildman–Crippen LogP) is 5.46. The SMILES string of the molecule is COc1ccc(-c2nc(SCc3ccc(Br)cc3)sc2N)cc1. The topological polar surface area (TPSA) is 48.1 Å². The second-order valence-electron chi connectivity index (χ2n) is 4.84. The van der Waals surface area contributed by atoms with E-state index in [0.29, 0.717) is 0 Å². The molecule has 0 unspecified atom stereocenters. The Hall–Kier alpha value is -1.50. The van der Waals surface area contributed by atoms with Crippen LogP contribution in [0.3, 0.4) is 0 Å². The van der Waals surface area contributed by atoms with E-state index in [-0.39, 0.29) is 0 Å². The number of rotatable bonds is 5. The molecule has 0 aliphatic heterocycles. The van der Waals surface area contributed by atoms with E-state index in [1.165, 1.54) is 16.9 Å². The molecule has 23 heavy (non-hydrogen) atoms. The Balaban J connectivity index is 1.73. The largest absolute Gasteiger partial charge is 0.497 e. The van der Waals surface area contributed by atoms with Crippen LogP contribution >= 0.6 is 39.0 Å². The van der Waals surface area contributed by atoms with Crippen molar-refractivity contribution in [2.45, 2.75) is 10.1 Å². The van der Waals surface area contributed by atoms with Gasteiger partial charge in [-0.2, -0.15) is 0 Å². The molecule has 2 N–H and O–H groups in total. The molecular formula is C17H15BrN2OS2. The average Bonchev–Trinajstić information content (AvgIpc) is 2.95. The van der Waals surface area contributed by atoms with Crippen LogP contribution in [0.1, 0.15) is 5.56 Å². The predicted molar refractivity (Wildman–Crippen MR) is 102 cm³/mol. The van der Waals surface area contributed by atoms with Crippen LogP contribution in [0, 0.1) is 0 Å². The molecule has 3 aromatic rings. The summed E-state index contributed by atoms with van der Waals surface area (Å²) in [7, 11) is 1.66. The van der Waals surface area contributed by atoms with Crippen molar-refractivity contribution in [3.05, 3.63) is 58.6 Å². The highest BCUT2D eigenvalue weighted by Gasteiger charge is 2.11. The fourth-order valence-corrected chi connectivity index (χ4v) is 4.22. The zero-order chi connectivity index (χ0) is 16.2. The smallest absolute Gasteiger partial charge is 0.152 e. The van der Waals surface area contributed by atoms with E-state index in [1.807, 2.05) is 24.3 Å². The molecule has 1 heterocycles. The van der Waals surface area contributed by atoms with Gasteiger partial charge in [0.15, 0.2) is 4.34 Å². The van der Waals surface area contributed by atoms with Gasteiger partial charge in [-0.3, -0.25) is 0 Å². The van der Waals surface area contributed by atoms with Crippen LogP contribution in [0.4, 0.5) is 5.00 Å². The fourth-order valence-electron chi connectivity index (χ4n) is 2.05. The number of nitrogens with two attached hydrogens (primary N) is 1. The van der Waals surface area contributed by atoms with Crippen LogP contribution in [0.25, 0.3) is 11.3 Å². The Kier molecular flexibility index (Phi) is 5.25. The Bertz CT molecular complexity index is 785. The maximum Gasteiger partial charge on any atom is 0.152 e. The van der Waals surface area contributed by atoms with Gasteiger partial charge in [-0.1, -0.05) is 51.2 Å². The lowest BCUT2D eigenvalue weighted by molar-refractivity contribution is 0.415. The third kappa shape index (κ3) is 4.07. The van der Waals surface area contributed by atoms with Crippen LogP contribution in [0.15, 0.2) is 57.3 Å². The summed E-state index contributed by atoms with van der Waals surface area (Å²) < 4.78 is 7.25. The van der Waals surface area contributed by atoms with Crippen molar-refractivity contribution in [3.63, 3.8) is 0 Å². The number of nitrogen functional groups attached to an aromatic ring is 1. The Morgan fingerprint density at radius 1 is 1.13 bits per heavy atom. The van der Waals surface area contributed by atoms with Gasteiger partial charge in [-0.25, -0.2) is 4.98 Å². The highest BCUT2D eigenvalue weighted by molar-refractivity contribution is 9.10. The summed E-state index contributed by atoms with van der Waals surface area (Å²) >= 11 is 6.68. The monoisotopic (exact) mass is 406 g/mol. The van der Waals surface area contributed by atoms with E-state index in [1.54, 1.807) is 18.9 Å². The number of aromatic nitrogens is 1. The summed E-state index contributed by atoms with van der Waals surface area (Å²) in [6, 6.07) is 16.1. The van der Waals surface area contributed by atoms with Gasteiger partial charge in [0.1, 0.15) is 16.4 Å². The molecule has 118 valence electrons. The molecule has 0 amide bonds. The third-order valence-corrected chi connectivity index (χ3v) is 5.90. The van der Waals surface area contributed by atoms with Gasteiger partial charge in [0.2, 0.25) is 0 Å². The van der Waals surface area contributed by atoms with Crippen molar-refractivity contribution in [1.82, 2.24) is 4.98 Å². The number of thiazole rings is 1. The minimum absolute atomic E-state index is 0.744. The number of anilines is 1. The highest BCUT2D eigenvalue weighted by atomic mass is 79.9. The maximum absolute atomic E-state index is 6.14. The summed E-state index contributed by atoms with van der Waals surface area (Å²) in [6.07, 6.45) is 0. The number of hydrogen-bond donors (Lipinski definition) is 1. The van der Waals surface area contributed by atoms with Gasteiger partial charge >= 0.3 is 0 Å². The second-order valence-corrected chi connectivity index (χ2v) is 8.01. The zero-order valence-corrected chi connectivity index (χ0v) is 15.7. The number of ether oxygens (including phenoxy) is 1. The summed E-state index contributed by atoms with van der Waals surface area (Å²) in [5.74, 6) is 1.70. The van der Waals surface area contributed by atoms with Crippen molar-refractivity contribution < 1.29 is 4.74 Å². The average molecular weight is 407 g/mol. The first-order valence-electron chi connectivity index (χ1n) is 6.93. The van der Waals surface area contributed by atoms with Gasteiger partial charge in [0, 0.05) is 15.8 Å². The summed E-state index contributed by atoms with van der Waals surface area (Å²) in [6.45, 7) is 0. The number of halogens is 1. The lowest BCUT2D eigenvalue weighted by atomic mass is 10.1. The summed E-state index contributed by atoms with van der Waals surface area (Å²) in [5.41, 5.74) is 9.25. The molecule has 0 spiro atoms. The molecule has 0 radical (unpaired) electrons. The molecule has 0 saturated carbocycles. The van der Waals surface area contributed by atoms with Crippen molar-refractivity contribution in [2.24, 2.45) is 0 Å². The molecule has 6 heteroatoms. The molecule has 0 saturated heterocycles. The van der Waals surface area contributed by atoms with E-state index >= 15 is 0 Å². The lowest BCUT2D eigenvalue weighted by Crippen LogP contribution is -1.87. The number of hydrogen-bond acceptors (Lipinski definition) is 5. The van der Waals surface area contributed by atoms with Crippen LogP contribution in [-0.4, -0.2) is 12.1 Å². The lowest BCUT2D eigenvalue weighted by Gasteiger charge is -2.01. The number of thioether (sulfide) groups is 1. The Morgan fingerprint density at radius 2 is 1.83 bits per heavy atom. The van der Waals surface area contributed by atoms with Crippen LogP contribution in [-0.2, 0) is 5.75 Å². The molecule has 0 aliphatic rings. The number of nitrogens with zero attached hydrogens (tertiary/aromatic N) is 1. The standard InChI is InChI=1S/C17H15BrN2OS2/c1-21-14-8-4-12(5-9-14)15-16(19)23-17(20-15)22-10-11-2-6-13(18)7-3-11/h2-9H,10,19H2,1H3. The molecule has 0 fully saturated rings. The van der Waals surface area contributed by atoms with Crippen LogP contribution in [0.5, 0.6) is 5.75 Å². The van der Waals surface area contributed by atoms with Crippen LogP contribution in [0.2, 0.25) is 0 Å². The van der Waals surface area contributed by atoms with E-state index in [9.17, 15) is 0 Å². The third-order valence-electron chi connectivity index (χ3n) is 3.27. The second kappa shape index (κ2) is 7.38. The molecule has 0 bridgehead atoms. The molecular weight excluding hydrogens is 392 g/mol. The van der Waals surface area contributed by atoms with Gasteiger partial charge in [-0.15, -0.1) is 0 Å². The van der Waals surface area contributed by atoms with Crippen LogP contribution < -0.4 is 10.5 Å². The molecule has 2 aromatic carbocycles. The maximum atomic E-state index is 6.14. The van der Waals surface area contributed by atoms with Gasteiger partial charge in [0.05, 0.1) is 7.11 Å². The summed E-state index contributed by atoms with van der Waals surface area (Å²) in [5, 5.41) is 0.744. The number of benzene rings is 2. The van der Waals surface area contributed by atoms with Crippen molar-refractivity contribution >= 4 is 44.0 Å². The fraction of sp³-hybridized carbons (Fsp3) is 0.118. The summed E-state index contributed by atoms with van der Waals surface area (Å²) in [4.78, 5) is 4.67. The zero-order valence-electron chi connectivity index (χ0n) is 12.5. The van der Waals surface area contributed by atoms with Gasteiger partial charge in [0.25, 0.3) is 0 Å². The first-order valence-corrected chi connectivity index (χ1v) is 9.53. The Morgan fingerprint density at radius 3 is 2.48 bits per heavy atom. The molecule has 1 aromatic heterocycles. The quantitative estimate of drug-likeness (QED) is 0.571. The highest BCUT2D eigenvalue weighted by Crippen LogP contribution is 2.37. The van der Waals surface area contributed by atoms with Crippen molar-refractivity contribution in [2.75, 3.05) is 12.8 Å². The van der Waals surface area contributed by atoms with Gasteiger partial charge in [-0.05, 0) is 42.0 Å². The van der Waals surface area contributed by atoms with Crippen molar-refractivity contribution in [1.29, 1.82) is 0 Å². The van der Waals surface area contributed by atoms with E-state index in [4.69, 9.17) is 10.5 Å². The molecule has 0 aliphatic carbocycles. The molecule has 3 rings (SSSR count). The number of methoxy groups -OCH3 is 1. The van der Waals surface area contributed by atoms with Gasteiger partial charge < -0.3 is 10.5 Å². The van der Waals surface area contributed by atoms with E-state index < -0.39 is 0 Å². The molecule has 3 nitrogen and oxygen atoms in total. The Labute approximate surface area is 152 Å².